The van der Waals surface area contributed by atoms with Gasteiger partial charge < -0.3 is 10.5 Å². The molecule has 0 aliphatic rings. The van der Waals surface area contributed by atoms with Crippen molar-refractivity contribution in [3.8, 4) is 5.75 Å². The second-order valence-electron chi connectivity index (χ2n) is 4.48. The Balaban J connectivity index is 2.49. The van der Waals surface area contributed by atoms with Crippen LogP contribution in [0.2, 0.25) is 0 Å². The average molecular weight is 342 g/mol. The smallest absolute Gasteiger partial charge is 0.132 e. The Bertz CT molecular complexity index is 623. The van der Waals surface area contributed by atoms with E-state index in [0.29, 0.717) is 15.8 Å². The molecule has 0 bridgehead atoms. The molecule has 0 saturated carbocycles. The van der Waals surface area contributed by atoms with Gasteiger partial charge in [0.15, 0.2) is 0 Å². The summed E-state index contributed by atoms with van der Waals surface area (Å²) in [6.07, 6.45) is 0. The van der Waals surface area contributed by atoms with Crippen molar-refractivity contribution in [2.45, 2.75) is 13.0 Å². The summed E-state index contributed by atoms with van der Waals surface area (Å²) in [5.41, 5.74) is 7.36. The summed E-state index contributed by atoms with van der Waals surface area (Å²) in [6.45, 7) is 1.83. The first kappa shape index (κ1) is 14.9. The number of aryl methyl sites for hydroxylation is 1. The molecule has 0 aliphatic carbocycles. The molecule has 0 heterocycles. The van der Waals surface area contributed by atoms with Gasteiger partial charge in [0.1, 0.15) is 17.4 Å². The molecule has 0 radical (unpaired) electrons. The van der Waals surface area contributed by atoms with Crippen LogP contribution in [-0.4, -0.2) is 7.11 Å². The maximum Gasteiger partial charge on any atom is 0.132 e. The monoisotopic (exact) mass is 341 g/mol. The minimum absolute atomic E-state index is 0.138. The van der Waals surface area contributed by atoms with Crippen LogP contribution < -0.4 is 10.5 Å². The minimum atomic E-state index is -0.867. The summed E-state index contributed by atoms with van der Waals surface area (Å²) >= 11 is 3.05. The topological polar surface area (TPSA) is 35.2 Å². The molecule has 0 spiro atoms. The van der Waals surface area contributed by atoms with Crippen molar-refractivity contribution >= 4 is 15.9 Å². The molecule has 5 heteroatoms. The molecule has 0 saturated heterocycles. The third kappa shape index (κ3) is 2.83. The fourth-order valence-corrected chi connectivity index (χ4v) is 2.53. The Hall–Kier alpha value is -1.46. The Kier molecular flexibility index (Phi) is 4.40. The van der Waals surface area contributed by atoms with Crippen molar-refractivity contribution in [3.05, 3.63) is 63.1 Å². The lowest BCUT2D eigenvalue weighted by atomic mass is 9.95. The third-order valence-electron chi connectivity index (χ3n) is 3.17. The van der Waals surface area contributed by atoms with Crippen LogP contribution in [0.15, 0.2) is 34.8 Å². The van der Waals surface area contributed by atoms with Crippen molar-refractivity contribution in [1.82, 2.24) is 0 Å². The summed E-state index contributed by atoms with van der Waals surface area (Å²) in [5, 5.41) is 0. The third-order valence-corrected chi connectivity index (χ3v) is 3.62. The highest BCUT2D eigenvalue weighted by Gasteiger charge is 2.20. The fraction of sp³-hybridized carbons (Fsp3) is 0.200. The number of hydrogen-bond acceptors (Lipinski definition) is 2. The Labute approximate surface area is 124 Å². The summed E-state index contributed by atoms with van der Waals surface area (Å²) in [6, 6.07) is 6.77. The number of methoxy groups -OCH3 is 1. The summed E-state index contributed by atoms with van der Waals surface area (Å²) in [4.78, 5) is 0. The Morgan fingerprint density at radius 3 is 2.25 bits per heavy atom. The lowest BCUT2D eigenvalue weighted by Crippen LogP contribution is -2.17. The van der Waals surface area contributed by atoms with Crippen LogP contribution in [0.4, 0.5) is 8.78 Å². The van der Waals surface area contributed by atoms with E-state index in [-0.39, 0.29) is 5.56 Å². The van der Waals surface area contributed by atoms with E-state index in [9.17, 15) is 8.78 Å². The second kappa shape index (κ2) is 5.89. The number of rotatable bonds is 3. The zero-order valence-corrected chi connectivity index (χ0v) is 12.7. The van der Waals surface area contributed by atoms with Crippen LogP contribution in [0, 0.1) is 18.6 Å². The van der Waals surface area contributed by atoms with Gasteiger partial charge in [-0.05, 0) is 42.3 Å². The molecular formula is C15H14BrF2NO. The van der Waals surface area contributed by atoms with Gasteiger partial charge in [0.05, 0.1) is 13.2 Å². The minimum Gasteiger partial charge on any atom is -0.497 e. The lowest BCUT2D eigenvalue weighted by Gasteiger charge is -2.17. The quantitative estimate of drug-likeness (QED) is 0.912. The van der Waals surface area contributed by atoms with Gasteiger partial charge in [-0.2, -0.15) is 0 Å². The van der Waals surface area contributed by atoms with Crippen molar-refractivity contribution in [2.24, 2.45) is 5.73 Å². The van der Waals surface area contributed by atoms with Crippen molar-refractivity contribution < 1.29 is 13.5 Å². The van der Waals surface area contributed by atoms with E-state index < -0.39 is 17.7 Å². The van der Waals surface area contributed by atoms with E-state index >= 15 is 0 Å². The molecular weight excluding hydrogens is 328 g/mol. The number of ether oxygens (including phenoxy) is 1. The lowest BCUT2D eigenvalue weighted by molar-refractivity contribution is 0.414. The van der Waals surface area contributed by atoms with Crippen LogP contribution in [-0.2, 0) is 0 Å². The number of nitrogens with two attached hydrogens (primary N) is 1. The van der Waals surface area contributed by atoms with E-state index in [1.54, 1.807) is 25.3 Å². The van der Waals surface area contributed by atoms with Crippen molar-refractivity contribution in [1.29, 1.82) is 0 Å². The molecule has 20 heavy (non-hydrogen) atoms. The van der Waals surface area contributed by atoms with Gasteiger partial charge in [0, 0.05) is 10.0 Å². The van der Waals surface area contributed by atoms with Crippen LogP contribution in [0.1, 0.15) is 22.7 Å². The number of halogens is 3. The van der Waals surface area contributed by atoms with Gasteiger partial charge in [-0.15, -0.1) is 0 Å². The number of hydrogen-bond donors (Lipinski definition) is 1. The van der Waals surface area contributed by atoms with Gasteiger partial charge >= 0.3 is 0 Å². The zero-order chi connectivity index (χ0) is 14.9. The maximum absolute atomic E-state index is 13.9. The molecule has 0 fully saturated rings. The molecule has 2 aromatic carbocycles. The molecule has 2 aromatic rings. The molecule has 1 unspecified atom stereocenters. The average Bonchev–Trinajstić information content (AvgIpc) is 2.37. The zero-order valence-electron chi connectivity index (χ0n) is 11.1. The maximum atomic E-state index is 13.9. The van der Waals surface area contributed by atoms with Gasteiger partial charge in [-0.1, -0.05) is 22.0 Å². The predicted octanol–water partition coefficient (Wildman–Crippen LogP) is 4.09. The van der Waals surface area contributed by atoms with Gasteiger partial charge in [0.25, 0.3) is 0 Å². The SMILES string of the molecule is COc1ccc(C(N)c2c(F)cc(Br)cc2F)c(C)c1. The molecule has 0 aliphatic heterocycles. The standard InChI is InChI=1S/C15H14BrF2NO/c1-8-5-10(20-2)3-4-11(8)15(19)14-12(17)6-9(16)7-13(14)18/h3-7,15H,19H2,1-2H3. The summed E-state index contributed by atoms with van der Waals surface area (Å²) in [7, 11) is 1.56. The molecule has 106 valence electrons. The summed E-state index contributed by atoms with van der Waals surface area (Å²) in [5.74, 6) is -0.658. The molecule has 2 N–H and O–H groups in total. The van der Waals surface area contributed by atoms with Gasteiger partial charge in [0.2, 0.25) is 0 Å². The largest absolute Gasteiger partial charge is 0.497 e. The van der Waals surface area contributed by atoms with Crippen molar-refractivity contribution in [2.75, 3.05) is 7.11 Å². The van der Waals surface area contributed by atoms with E-state index in [1.165, 1.54) is 12.1 Å². The first-order valence-electron chi connectivity index (χ1n) is 5.98. The van der Waals surface area contributed by atoms with Crippen LogP contribution >= 0.6 is 15.9 Å². The van der Waals surface area contributed by atoms with Gasteiger partial charge in [-0.3, -0.25) is 0 Å². The van der Waals surface area contributed by atoms with Crippen LogP contribution in [0.25, 0.3) is 0 Å². The predicted molar refractivity (Wildman–Crippen MR) is 77.8 cm³/mol. The Morgan fingerprint density at radius 2 is 1.75 bits per heavy atom. The first-order chi connectivity index (χ1) is 9.43. The van der Waals surface area contributed by atoms with E-state index in [1.807, 2.05) is 6.92 Å². The van der Waals surface area contributed by atoms with Crippen molar-refractivity contribution in [3.63, 3.8) is 0 Å². The summed E-state index contributed by atoms with van der Waals surface area (Å²) < 4.78 is 33.3. The Morgan fingerprint density at radius 1 is 1.15 bits per heavy atom. The van der Waals surface area contributed by atoms with E-state index in [2.05, 4.69) is 15.9 Å². The highest BCUT2D eigenvalue weighted by atomic mass is 79.9. The highest BCUT2D eigenvalue weighted by Crippen LogP contribution is 2.30. The van der Waals surface area contributed by atoms with E-state index in [4.69, 9.17) is 10.5 Å². The van der Waals surface area contributed by atoms with Crippen LogP contribution in [0.5, 0.6) is 5.75 Å². The number of benzene rings is 2. The highest BCUT2D eigenvalue weighted by molar-refractivity contribution is 9.10. The normalized spacial score (nSPS) is 12.3. The molecule has 2 nitrogen and oxygen atoms in total. The molecule has 2 rings (SSSR count). The van der Waals surface area contributed by atoms with E-state index in [0.717, 1.165) is 5.56 Å². The van der Waals surface area contributed by atoms with Crippen LogP contribution in [0.3, 0.4) is 0 Å². The second-order valence-corrected chi connectivity index (χ2v) is 5.40. The first-order valence-corrected chi connectivity index (χ1v) is 6.78. The van der Waals surface area contributed by atoms with Gasteiger partial charge in [-0.25, -0.2) is 8.78 Å². The fourth-order valence-electron chi connectivity index (χ4n) is 2.13. The molecule has 0 aromatic heterocycles. The molecule has 1 atom stereocenters. The molecule has 0 amide bonds.